The molecule has 3 rings (SSSR count). The second-order valence-corrected chi connectivity index (χ2v) is 5.92. The van der Waals surface area contributed by atoms with E-state index >= 15 is 0 Å². The van der Waals surface area contributed by atoms with Crippen molar-refractivity contribution >= 4 is 29.1 Å². The smallest absolute Gasteiger partial charge is 0.257 e. The number of anilines is 1. The van der Waals surface area contributed by atoms with Gasteiger partial charge in [-0.3, -0.25) is 9.59 Å². The molecule has 2 aromatic rings. The molecule has 1 N–H and O–H groups in total. The lowest BCUT2D eigenvalue weighted by molar-refractivity contribution is -0.118. The topological polar surface area (TPSA) is 75.4 Å². The van der Waals surface area contributed by atoms with Crippen molar-refractivity contribution in [1.82, 2.24) is 10.5 Å². The number of carbonyl (C=O) groups is 2. The monoisotopic (exact) mass is 333 g/mol. The summed E-state index contributed by atoms with van der Waals surface area (Å²) < 4.78 is 4.99. The van der Waals surface area contributed by atoms with Gasteiger partial charge in [-0.05, 0) is 44.5 Å². The molecule has 1 fully saturated rings. The minimum atomic E-state index is -0.549. The van der Waals surface area contributed by atoms with E-state index in [-0.39, 0.29) is 11.8 Å². The molecule has 1 aromatic heterocycles. The molecular weight excluding hydrogens is 318 g/mol. The Bertz CT molecular complexity index is 735. The first-order valence-corrected chi connectivity index (χ1v) is 7.66. The van der Waals surface area contributed by atoms with Crippen LogP contribution in [-0.2, 0) is 4.79 Å². The van der Waals surface area contributed by atoms with Crippen LogP contribution >= 0.6 is 11.6 Å². The highest BCUT2D eigenvalue weighted by Gasteiger charge is 2.34. The summed E-state index contributed by atoms with van der Waals surface area (Å²) in [5, 5.41) is 7.14. The predicted molar refractivity (Wildman–Crippen MR) is 85.7 cm³/mol. The van der Waals surface area contributed by atoms with Crippen molar-refractivity contribution in [2.24, 2.45) is 0 Å². The Morgan fingerprint density at radius 1 is 1.35 bits per heavy atom. The molecule has 1 aromatic carbocycles. The summed E-state index contributed by atoms with van der Waals surface area (Å²) in [5.41, 5.74) is 1.68. The minimum absolute atomic E-state index is 0.132. The van der Waals surface area contributed by atoms with Gasteiger partial charge in [0.1, 0.15) is 17.4 Å². The molecule has 0 bridgehead atoms. The molecule has 0 saturated carbocycles. The summed E-state index contributed by atoms with van der Waals surface area (Å²) in [7, 11) is 0. The van der Waals surface area contributed by atoms with Crippen molar-refractivity contribution in [2.75, 3.05) is 11.4 Å². The van der Waals surface area contributed by atoms with Gasteiger partial charge in [-0.15, -0.1) is 0 Å². The van der Waals surface area contributed by atoms with Gasteiger partial charge in [0.05, 0.1) is 5.69 Å². The third kappa shape index (κ3) is 2.94. The van der Waals surface area contributed by atoms with Crippen LogP contribution in [0.25, 0.3) is 0 Å². The molecule has 1 aliphatic rings. The largest absolute Gasteiger partial charge is 0.361 e. The fourth-order valence-corrected chi connectivity index (χ4v) is 2.85. The minimum Gasteiger partial charge on any atom is -0.361 e. The summed E-state index contributed by atoms with van der Waals surface area (Å²) >= 11 is 5.86. The number of halogens is 1. The summed E-state index contributed by atoms with van der Waals surface area (Å²) in [6.45, 7) is 3.92. The first kappa shape index (κ1) is 15.6. The van der Waals surface area contributed by atoms with Crippen molar-refractivity contribution in [3.05, 3.63) is 46.3 Å². The van der Waals surface area contributed by atoms with E-state index in [2.05, 4.69) is 10.5 Å². The third-order valence-electron chi connectivity index (χ3n) is 3.91. The number of amides is 2. The van der Waals surface area contributed by atoms with Crippen molar-refractivity contribution < 1.29 is 14.1 Å². The van der Waals surface area contributed by atoms with E-state index < -0.39 is 6.04 Å². The summed E-state index contributed by atoms with van der Waals surface area (Å²) in [6, 6.07) is 6.50. The molecule has 0 radical (unpaired) electrons. The van der Waals surface area contributed by atoms with Crippen LogP contribution in [0.4, 0.5) is 5.69 Å². The zero-order valence-electron chi connectivity index (χ0n) is 12.8. The molecular formula is C16H16ClN3O3. The molecule has 0 aliphatic carbocycles. The Hall–Kier alpha value is -2.34. The number of nitrogens with zero attached hydrogens (tertiary/aromatic N) is 2. The number of aryl methyl sites for hydroxylation is 2. The van der Waals surface area contributed by atoms with Crippen LogP contribution in [0.15, 0.2) is 28.8 Å². The molecule has 0 spiro atoms. The number of rotatable bonds is 3. The zero-order valence-corrected chi connectivity index (χ0v) is 13.6. The maximum atomic E-state index is 12.5. The van der Waals surface area contributed by atoms with Crippen LogP contribution in [0.5, 0.6) is 0 Å². The molecule has 2 heterocycles. The number of hydrogen-bond donors (Lipinski definition) is 1. The number of nitrogens with one attached hydrogen (secondary N) is 1. The van der Waals surface area contributed by atoms with Crippen LogP contribution in [0.2, 0.25) is 5.02 Å². The Labute approximate surface area is 138 Å². The zero-order chi connectivity index (χ0) is 16.6. The summed E-state index contributed by atoms with van der Waals surface area (Å²) in [5.74, 6) is -0.0232. The Kier molecular flexibility index (Phi) is 4.09. The van der Waals surface area contributed by atoms with Crippen molar-refractivity contribution in [1.29, 1.82) is 0 Å². The van der Waals surface area contributed by atoms with Crippen molar-refractivity contribution in [3.8, 4) is 0 Å². The van der Waals surface area contributed by atoms with E-state index in [0.29, 0.717) is 35.0 Å². The van der Waals surface area contributed by atoms with Crippen molar-refractivity contribution in [3.63, 3.8) is 0 Å². The van der Waals surface area contributed by atoms with Crippen LogP contribution in [-0.4, -0.2) is 29.6 Å². The molecule has 6 nitrogen and oxygen atoms in total. The normalized spacial score (nSPS) is 17.6. The van der Waals surface area contributed by atoms with Gasteiger partial charge in [-0.1, -0.05) is 16.8 Å². The third-order valence-corrected chi connectivity index (χ3v) is 4.16. The first-order valence-electron chi connectivity index (χ1n) is 7.28. The first-order chi connectivity index (χ1) is 11.0. The van der Waals surface area contributed by atoms with Gasteiger partial charge in [0.25, 0.3) is 5.91 Å². The van der Waals surface area contributed by atoms with Gasteiger partial charge < -0.3 is 14.7 Å². The highest BCUT2D eigenvalue weighted by molar-refractivity contribution is 6.30. The second-order valence-electron chi connectivity index (χ2n) is 5.48. The van der Waals surface area contributed by atoms with Gasteiger partial charge in [0, 0.05) is 17.3 Å². The van der Waals surface area contributed by atoms with Gasteiger partial charge in [-0.25, -0.2) is 0 Å². The Balaban J connectivity index is 1.72. The fraction of sp³-hybridized carbons (Fsp3) is 0.312. The molecule has 1 unspecified atom stereocenters. The average Bonchev–Trinajstić information content (AvgIpc) is 3.04. The Morgan fingerprint density at radius 2 is 2.04 bits per heavy atom. The Morgan fingerprint density at radius 3 is 2.65 bits per heavy atom. The van der Waals surface area contributed by atoms with E-state index in [9.17, 15) is 9.59 Å². The predicted octanol–water partition coefficient (Wildman–Crippen LogP) is 2.48. The van der Waals surface area contributed by atoms with Crippen molar-refractivity contribution in [2.45, 2.75) is 26.3 Å². The van der Waals surface area contributed by atoms with E-state index in [0.717, 1.165) is 5.69 Å². The molecule has 23 heavy (non-hydrogen) atoms. The number of carbonyl (C=O) groups excluding carboxylic acids is 2. The van der Waals surface area contributed by atoms with Crippen LogP contribution in [0, 0.1) is 13.8 Å². The van der Waals surface area contributed by atoms with Crippen LogP contribution < -0.4 is 10.2 Å². The lowest BCUT2D eigenvalue weighted by atomic mass is 10.1. The van der Waals surface area contributed by atoms with Gasteiger partial charge in [0.15, 0.2) is 0 Å². The number of aromatic nitrogens is 1. The van der Waals surface area contributed by atoms with Gasteiger partial charge >= 0.3 is 0 Å². The van der Waals surface area contributed by atoms with Crippen LogP contribution in [0.1, 0.15) is 28.2 Å². The summed E-state index contributed by atoms with van der Waals surface area (Å²) in [6.07, 6.45) is 0.552. The lowest BCUT2D eigenvalue weighted by Gasteiger charge is -2.17. The molecule has 1 aliphatic heterocycles. The highest BCUT2D eigenvalue weighted by Crippen LogP contribution is 2.24. The summed E-state index contributed by atoms with van der Waals surface area (Å²) in [4.78, 5) is 26.5. The van der Waals surface area contributed by atoms with E-state index in [1.807, 2.05) is 0 Å². The fourth-order valence-electron chi connectivity index (χ4n) is 2.73. The SMILES string of the molecule is Cc1noc(C)c1C(=O)NC1CCN(c2ccc(Cl)cc2)C1=O. The van der Waals surface area contributed by atoms with Crippen LogP contribution in [0.3, 0.4) is 0 Å². The van der Waals surface area contributed by atoms with E-state index in [1.54, 1.807) is 43.0 Å². The van der Waals surface area contributed by atoms with E-state index in [1.165, 1.54) is 0 Å². The molecule has 1 saturated heterocycles. The second kappa shape index (κ2) is 6.04. The molecule has 1 atom stereocenters. The highest BCUT2D eigenvalue weighted by atomic mass is 35.5. The van der Waals surface area contributed by atoms with Gasteiger partial charge in [0.2, 0.25) is 5.91 Å². The standard InChI is InChI=1S/C16H16ClN3O3/c1-9-14(10(2)23-19-9)15(21)18-13-7-8-20(16(13)22)12-5-3-11(17)4-6-12/h3-6,13H,7-8H2,1-2H3,(H,18,21). The maximum absolute atomic E-state index is 12.5. The maximum Gasteiger partial charge on any atom is 0.257 e. The quantitative estimate of drug-likeness (QED) is 0.936. The number of hydrogen-bond acceptors (Lipinski definition) is 4. The molecule has 120 valence electrons. The lowest BCUT2D eigenvalue weighted by Crippen LogP contribution is -2.41. The molecule has 7 heteroatoms. The van der Waals surface area contributed by atoms with E-state index in [4.69, 9.17) is 16.1 Å². The average molecular weight is 334 g/mol. The van der Waals surface area contributed by atoms with Gasteiger partial charge in [-0.2, -0.15) is 0 Å². The molecule has 2 amide bonds. The number of benzene rings is 1.